The van der Waals surface area contributed by atoms with Crippen LogP contribution in [-0.2, 0) is 6.42 Å². The summed E-state index contributed by atoms with van der Waals surface area (Å²) in [5.41, 5.74) is 3.69. The molecular formula is C17H17NO. The molecular weight excluding hydrogens is 234 g/mol. The maximum Gasteiger partial charge on any atom is 0.115 e. The zero-order valence-electron chi connectivity index (χ0n) is 10.7. The van der Waals surface area contributed by atoms with E-state index in [9.17, 15) is 5.11 Å². The molecule has 0 aromatic heterocycles. The molecule has 0 aliphatic carbocycles. The van der Waals surface area contributed by atoms with Gasteiger partial charge in [-0.15, -0.1) is 0 Å². The van der Waals surface area contributed by atoms with Gasteiger partial charge in [-0.2, -0.15) is 0 Å². The molecule has 0 radical (unpaired) electrons. The minimum Gasteiger partial charge on any atom is -0.508 e. The van der Waals surface area contributed by atoms with Gasteiger partial charge in [0.15, 0.2) is 0 Å². The number of hydrogen-bond acceptors (Lipinski definition) is 2. The van der Waals surface area contributed by atoms with Gasteiger partial charge in [0.25, 0.3) is 0 Å². The molecule has 1 heterocycles. The Labute approximate surface area is 113 Å². The van der Waals surface area contributed by atoms with E-state index in [1.165, 1.54) is 16.7 Å². The fraction of sp³-hybridized carbons (Fsp3) is 0.176. The van der Waals surface area contributed by atoms with Crippen molar-refractivity contribution in [3.05, 3.63) is 71.3 Å². The summed E-state index contributed by atoms with van der Waals surface area (Å²) in [4.78, 5) is 0. The van der Waals surface area contributed by atoms with E-state index in [4.69, 9.17) is 0 Å². The van der Waals surface area contributed by atoms with Crippen LogP contribution in [0.25, 0.3) is 6.08 Å². The number of phenols is 1. The highest BCUT2D eigenvalue weighted by Crippen LogP contribution is 2.27. The number of phenolic OH excluding ortho intramolecular Hbond substituents is 1. The number of benzene rings is 2. The third kappa shape index (κ3) is 2.69. The van der Waals surface area contributed by atoms with Crippen LogP contribution in [0.1, 0.15) is 22.7 Å². The number of hydrogen-bond donors (Lipinski definition) is 2. The van der Waals surface area contributed by atoms with E-state index in [1.807, 2.05) is 30.3 Å². The standard InChI is InChI=1S/C17H17NO/c19-15-8-7-14-10-11-18-17(16(14)12-15)9-6-13-4-2-1-3-5-13/h1-9,12,17-19H,10-11H2/b9-6+. The molecule has 2 aromatic rings. The summed E-state index contributed by atoms with van der Waals surface area (Å²) in [6.45, 7) is 0.974. The zero-order valence-corrected chi connectivity index (χ0v) is 10.7. The third-order valence-corrected chi connectivity index (χ3v) is 3.50. The second kappa shape index (κ2) is 5.29. The SMILES string of the molecule is Oc1ccc2c(c1)C(/C=C/c1ccccc1)NCC2. The van der Waals surface area contributed by atoms with Gasteiger partial charge in [-0.05, 0) is 35.2 Å². The van der Waals surface area contributed by atoms with E-state index in [-0.39, 0.29) is 6.04 Å². The van der Waals surface area contributed by atoms with Gasteiger partial charge in [-0.3, -0.25) is 0 Å². The van der Waals surface area contributed by atoms with Crippen LogP contribution in [0.3, 0.4) is 0 Å². The molecule has 2 nitrogen and oxygen atoms in total. The van der Waals surface area contributed by atoms with Gasteiger partial charge in [0.1, 0.15) is 5.75 Å². The van der Waals surface area contributed by atoms with Gasteiger partial charge < -0.3 is 10.4 Å². The number of rotatable bonds is 2. The second-order valence-electron chi connectivity index (χ2n) is 4.83. The molecule has 1 aliphatic rings. The minimum atomic E-state index is 0.177. The fourth-order valence-corrected chi connectivity index (χ4v) is 2.52. The van der Waals surface area contributed by atoms with Crippen LogP contribution in [0.5, 0.6) is 5.75 Å². The summed E-state index contributed by atoms with van der Waals surface area (Å²) in [5, 5.41) is 13.1. The van der Waals surface area contributed by atoms with Crippen molar-refractivity contribution in [3.8, 4) is 5.75 Å². The topological polar surface area (TPSA) is 32.3 Å². The smallest absolute Gasteiger partial charge is 0.115 e. The van der Waals surface area contributed by atoms with Crippen molar-refractivity contribution >= 4 is 6.08 Å². The van der Waals surface area contributed by atoms with Crippen molar-refractivity contribution in [2.75, 3.05) is 6.54 Å². The van der Waals surface area contributed by atoms with Crippen molar-refractivity contribution in [1.82, 2.24) is 5.32 Å². The Morgan fingerprint density at radius 3 is 2.79 bits per heavy atom. The van der Waals surface area contributed by atoms with Gasteiger partial charge >= 0.3 is 0 Å². The molecule has 0 amide bonds. The Balaban J connectivity index is 1.88. The number of aromatic hydroxyl groups is 1. The van der Waals surface area contributed by atoms with E-state index in [1.54, 1.807) is 6.07 Å². The molecule has 0 fully saturated rings. The first kappa shape index (κ1) is 12.0. The molecule has 0 saturated heterocycles. The Morgan fingerprint density at radius 2 is 1.95 bits per heavy atom. The van der Waals surface area contributed by atoms with E-state index in [2.05, 4.69) is 29.6 Å². The lowest BCUT2D eigenvalue weighted by molar-refractivity contribution is 0.471. The zero-order chi connectivity index (χ0) is 13.1. The van der Waals surface area contributed by atoms with Crippen molar-refractivity contribution in [2.24, 2.45) is 0 Å². The summed E-state index contributed by atoms with van der Waals surface area (Å²) in [6, 6.07) is 16.1. The summed E-state index contributed by atoms with van der Waals surface area (Å²) < 4.78 is 0. The van der Waals surface area contributed by atoms with Gasteiger partial charge in [-0.25, -0.2) is 0 Å². The van der Waals surface area contributed by atoms with Crippen molar-refractivity contribution in [1.29, 1.82) is 0 Å². The molecule has 0 bridgehead atoms. The van der Waals surface area contributed by atoms with Crippen LogP contribution in [0.4, 0.5) is 0 Å². The minimum absolute atomic E-state index is 0.177. The first-order valence-electron chi connectivity index (χ1n) is 6.61. The van der Waals surface area contributed by atoms with Crippen LogP contribution < -0.4 is 5.32 Å². The predicted octanol–water partition coefficient (Wildman–Crippen LogP) is 3.29. The van der Waals surface area contributed by atoms with Crippen LogP contribution in [0.2, 0.25) is 0 Å². The van der Waals surface area contributed by atoms with Gasteiger partial charge in [0, 0.05) is 6.54 Å². The van der Waals surface area contributed by atoms with Gasteiger partial charge in [0.05, 0.1) is 6.04 Å². The molecule has 1 atom stereocenters. The third-order valence-electron chi connectivity index (χ3n) is 3.50. The normalized spacial score (nSPS) is 18.4. The quantitative estimate of drug-likeness (QED) is 0.858. The van der Waals surface area contributed by atoms with Crippen molar-refractivity contribution in [2.45, 2.75) is 12.5 Å². The van der Waals surface area contributed by atoms with Crippen molar-refractivity contribution < 1.29 is 5.11 Å². The Kier molecular flexibility index (Phi) is 3.34. The molecule has 2 heteroatoms. The maximum absolute atomic E-state index is 9.64. The fourth-order valence-electron chi connectivity index (χ4n) is 2.52. The van der Waals surface area contributed by atoms with E-state index >= 15 is 0 Å². The van der Waals surface area contributed by atoms with Gasteiger partial charge in [-0.1, -0.05) is 48.6 Å². The average molecular weight is 251 g/mol. The molecule has 0 saturated carbocycles. The first-order valence-corrected chi connectivity index (χ1v) is 6.61. The molecule has 2 N–H and O–H groups in total. The lowest BCUT2D eigenvalue weighted by Gasteiger charge is -2.24. The summed E-state index contributed by atoms with van der Waals surface area (Å²) in [7, 11) is 0. The molecule has 2 aromatic carbocycles. The Bertz CT molecular complexity index is 589. The summed E-state index contributed by atoms with van der Waals surface area (Å²) >= 11 is 0. The van der Waals surface area contributed by atoms with E-state index in [0.29, 0.717) is 5.75 Å². The lowest BCUT2D eigenvalue weighted by Crippen LogP contribution is -2.28. The van der Waals surface area contributed by atoms with E-state index in [0.717, 1.165) is 13.0 Å². The second-order valence-corrected chi connectivity index (χ2v) is 4.83. The molecule has 1 aliphatic heterocycles. The Hall–Kier alpha value is -2.06. The highest BCUT2D eigenvalue weighted by atomic mass is 16.3. The number of nitrogens with one attached hydrogen (secondary N) is 1. The Morgan fingerprint density at radius 1 is 1.11 bits per heavy atom. The monoisotopic (exact) mass is 251 g/mol. The summed E-state index contributed by atoms with van der Waals surface area (Å²) in [6.07, 6.45) is 5.30. The molecule has 0 spiro atoms. The lowest BCUT2D eigenvalue weighted by atomic mass is 9.93. The summed E-state index contributed by atoms with van der Waals surface area (Å²) in [5.74, 6) is 0.334. The highest BCUT2D eigenvalue weighted by molar-refractivity contribution is 5.52. The molecule has 3 rings (SSSR count). The van der Waals surface area contributed by atoms with Crippen LogP contribution >= 0.6 is 0 Å². The predicted molar refractivity (Wildman–Crippen MR) is 78.0 cm³/mol. The maximum atomic E-state index is 9.64. The van der Waals surface area contributed by atoms with Crippen LogP contribution in [0.15, 0.2) is 54.6 Å². The van der Waals surface area contributed by atoms with E-state index < -0.39 is 0 Å². The number of fused-ring (bicyclic) bond motifs is 1. The highest BCUT2D eigenvalue weighted by Gasteiger charge is 2.17. The first-order chi connectivity index (χ1) is 9.33. The molecule has 19 heavy (non-hydrogen) atoms. The largest absolute Gasteiger partial charge is 0.508 e. The molecule has 1 unspecified atom stereocenters. The molecule has 96 valence electrons. The van der Waals surface area contributed by atoms with Crippen LogP contribution in [0, 0.1) is 0 Å². The van der Waals surface area contributed by atoms with Crippen molar-refractivity contribution in [3.63, 3.8) is 0 Å². The van der Waals surface area contributed by atoms with Crippen LogP contribution in [-0.4, -0.2) is 11.7 Å². The average Bonchev–Trinajstić information content (AvgIpc) is 2.46. The van der Waals surface area contributed by atoms with Gasteiger partial charge in [0.2, 0.25) is 0 Å².